The van der Waals surface area contributed by atoms with Crippen molar-refractivity contribution in [2.45, 2.75) is 6.54 Å². The summed E-state index contributed by atoms with van der Waals surface area (Å²) in [6.45, 7) is 1.04. The molecule has 4 rings (SSSR count). The van der Waals surface area contributed by atoms with Gasteiger partial charge in [0.1, 0.15) is 6.54 Å². The SMILES string of the molecule is O=C1CN2Cc3cnn(-c4ccccc4)c3N=C2N1. The maximum absolute atomic E-state index is 11.4. The highest BCUT2D eigenvalue weighted by Crippen LogP contribution is 2.29. The number of carbonyl (C=O) groups is 1. The molecule has 1 N–H and O–H groups in total. The fraction of sp³-hybridized carbons (Fsp3) is 0.154. The lowest BCUT2D eigenvalue weighted by Gasteiger charge is -2.20. The van der Waals surface area contributed by atoms with Gasteiger partial charge in [-0.15, -0.1) is 0 Å². The number of hydrogen-bond donors (Lipinski definition) is 1. The van der Waals surface area contributed by atoms with E-state index in [4.69, 9.17) is 0 Å². The van der Waals surface area contributed by atoms with Crippen LogP contribution >= 0.6 is 0 Å². The summed E-state index contributed by atoms with van der Waals surface area (Å²) >= 11 is 0. The number of benzene rings is 1. The van der Waals surface area contributed by atoms with Crippen molar-refractivity contribution in [1.82, 2.24) is 20.0 Å². The Morgan fingerprint density at radius 3 is 2.84 bits per heavy atom. The minimum Gasteiger partial charge on any atom is -0.328 e. The van der Waals surface area contributed by atoms with E-state index < -0.39 is 0 Å². The first-order chi connectivity index (χ1) is 9.31. The van der Waals surface area contributed by atoms with Crippen LogP contribution in [0.2, 0.25) is 0 Å². The summed E-state index contributed by atoms with van der Waals surface area (Å²) in [6, 6.07) is 9.84. The smallest absolute Gasteiger partial charge is 0.246 e. The molecule has 1 aromatic carbocycles. The summed E-state index contributed by atoms with van der Waals surface area (Å²) in [5.74, 6) is 1.40. The molecule has 0 atom stereocenters. The van der Waals surface area contributed by atoms with Gasteiger partial charge in [0.2, 0.25) is 11.9 Å². The fourth-order valence-corrected chi connectivity index (χ4v) is 2.39. The number of para-hydroxylation sites is 1. The lowest BCUT2D eigenvalue weighted by molar-refractivity contribution is -0.118. The second-order valence-electron chi connectivity index (χ2n) is 4.58. The Hall–Kier alpha value is -2.63. The Balaban J connectivity index is 1.82. The quantitative estimate of drug-likeness (QED) is 0.818. The molecule has 19 heavy (non-hydrogen) atoms. The highest BCUT2D eigenvalue weighted by molar-refractivity contribution is 6.05. The van der Waals surface area contributed by atoms with Crippen molar-refractivity contribution >= 4 is 17.7 Å². The number of guanidine groups is 1. The topological polar surface area (TPSA) is 62.5 Å². The molecule has 2 aliphatic rings. The van der Waals surface area contributed by atoms with Gasteiger partial charge in [-0.1, -0.05) is 18.2 Å². The summed E-state index contributed by atoms with van der Waals surface area (Å²) in [6.07, 6.45) is 1.81. The van der Waals surface area contributed by atoms with Crippen LogP contribution in [0.15, 0.2) is 41.5 Å². The van der Waals surface area contributed by atoms with Crippen molar-refractivity contribution in [3.63, 3.8) is 0 Å². The Bertz CT molecular complexity index is 688. The van der Waals surface area contributed by atoms with Gasteiger partial charge in [-0.2, -0.15) is 10.1 Å². The van der Waals surface area contributed by atoms with E-state index in [9.17, 15) is 4.79 Å². The van der Waals surface area contributed by atoms with E-state index in [2.05, 4.69) is 15.4 Å². The first-order valence-corrected chi connectivity index (χ1v) is 6.07. The summed E-state index contributed by atoms with van der Waals surface area (Å²) in [5, 5.41) is 7.15. The van der Waals surface area contributed by atoms with Gasteiger partial charge in [0.15, 0.2) is 5.82 Å². The number of nitrogens with zero attached hydrogens (tertiary/aromatic N) is 4. The van der Waals surface area contributed by atoms with Crippen LogP contribution in [0.3, 0.4) is 0 Å². The van der Waals surface area contributed by atoms with E-state index in [0.29, 0.717) is 19.0 Å². The first-order valence-electron chi connectivity index (χ1n) is 6.07. The molecular formula is C13H11N5O. The van der Waals surface area contributed by atoms with Crippen molar-refractivity contribution in [1.29, 1.82) is 0 Å². The van der Waals surface area contributed by atoms with Gasteiger partial charge in [-0.05, 0) is 12.1 Å². The molecule has 1 amide bonds. The highest BCUT2D eigenvalue weighted by atomic mass is 16.2. The monoisotopic (exact) mass is 253 g/mol. The average molecular weight is 253 g/mol. The molecule has 1 fully saturated rings. The minimum absolute atomic E-state index is 0.0110. The molecule has 0 bridgehead atoms. The van der Waals surface area contributed by atoms with E-state index in [1.807, 2.05) is 41.4 Å². The maximum Gasteiger partial charge on any atom is 0.246 e. The number of aliphatic imine (C=N–C) groups is 1. The minimum atomic E-state index is -0.0110. The molecule has 2 aromatic rings. The zero-order valence-corrected chi connectivity index (χ0v) is 10.1. The van der Waals surface area contributed by atoms with E-state index in [1.165, 1.54) is 0 Å². The van der Waals surface area contributed by atoms with Crippen molar-refractivity contribution in [2.24, 2.45) is 4.99 Å². The van der Waals surface area contributed by atoms with Crippen molar-refractivity contribution in [3.05, 3.63) is 42.1 Å². The third-order valence-corrected chi connectivity index (χ3v) is 3.28. The Labute approximate surface area is 109 Å². The van der Waals surface area contributed by atoms with E-state index in [-0.39, 0.29) is 5.91 Å². The molecular weight excluding hydrogens is 242 g/mol. The normalized spacial score (nSPS) is 16.7. The second-order valence-corrected chi connectivity index (χ2v) is 4.58. The molecule has 0 spiro atoms. The number of aromatic nitrogens is 2. The number of carbonyl (C=O) groups excluding carboxylic acids is 1. The highest BCUT2D eigenvalue weighted by Gasteiger charge is 2.30. The number of hydrogen-bond acceptors (Lipinski definition) is 4. The first kappa shape index (κ1) is 10.3. The molecule has 0 saturated carbocycles. The van der Waals surface area contributed by atoms with Crippen LogP contribution in [-0.2, 0) is 11.3 Å². The van der Waals surface area contributed by atoms with Gasteiger partial charge >= 0.3 is 0 Å². The Kier molecular flexibility index (Phi) is 2.00. The molecule has 2 aliphatic heterocycles. The molecule has 1 aromatic heterocycles. The molecule has 0 unspecified atom stereocenters. The molecule has 0 radical (unpaired) electrons. The van der Waals surface area contributed by atoms with Gasteiger partial charge in [0.05, 0.1) is 18.4 Å². The fourth-order valence-electron chi connectivity index (χ4n) is 2.39. The summed E-state index contributed by atoms with van der Waals surface area (Å²) in [5.41, 5.74) is 2.00. The van der Waals surface area contributed by atoms with Gasteiger partial charge in [0, 0.05) is 5.56 Å². The molecule has 94 valence electrons. The molecule has 6 heteroatoms. The van der Waals surface area contributed by atoms with Crippen LogP contribution in [0.25, 0.3) is 5.69 Å². The van der Waals surface area contributed by atoms with E-state index in [0.717, 1.165) is 17.1 Å². The third-order valence-electron chi connectivity index (χ3n) is 3.28. The van der Waals surface area contributed by atoms with Crippen LogP contribution in [0.4, 0.5) is 5.82 Å². The number of amides is 1. The van der Waals surface area contributed by atoms with Crippen LogP contribution in [0, 0.1) is 0 Å². The van der Waals surface area contributed by atoms with Crippen LogP contribution in [0.1, 0.15) is 5.56 Å². The molecule has 0 aliphatic carbocycles. The molecule has 3 heterocycles. The van der Waals surface area contributed by atoms with Gasteiger partial charge in [-0.25, -0.2) is 4.68 Å². The van der Waals surface area contributed by atoms with Crippen LogP contribution < -0.4 is 5.32 Å². The Morgan fingerprint density at radius 2 is 2.00 bits per heavy atom. The van der Waals surface area contributed by atoms with Gasteiger partial charge in [-0.3, -0.25) is 10.1 Å². The summed E-state index contributed by atoms with van der Waals surface area (Å²) < 4.78 is 1.80. The van der Waals surface area contributed by atoms with E-state index >= 15 is 0 Å². The number of rotatable bonds is 1. The van der Waals surface area contributed by atoms with E-state index in [1.54, 1.807) is 4.68 Å². The molecule has 1 saturated heterocycles. The number of fused-ring (bicyclic) bond motifs is 2. The lowest BCUT2D eigenvalue weighted by atomic mass is 10.2. The predicted molar refractivity (Wildman–Crippen MR) is 69.2 cm³/mol. The van der Waals surface area contributed by atoms with Crippen LogP contribution in [0.5, 0.6) is 0 Å². The van der Waals surface area contributed by atoms with Gasteiger partial charge < -0.3 is 4.90 Å². The lowest BCUT2D eigenvalue weighted by Crippen LogP contribution is -2.32. The average Bonchev–Trinajstić information content (AvgIpc) is 2.98. The number of nitrogens with one attached hydrogen (secondary N) is 1. The Morgan fingerprint density at radius 1 is 1.16 bits per heavy atom. The second kappa shape index (κ2) is 3.68. The zero-order chi connectivity index (χ0) is 12.8. The molecule has 6 nitrogen and oxygen atoms in total. The third kappa shape index (κ3) is 1.53. The van der Waals surface area contributed by atoms with Crippen LogP contribution in [-0.4, -0.2) is 33.1 Å². The zero-order valence-electron chi connectivity index (χ0n) is 10.1. The van der Waals surface area contributed by atoms with Crippen molar-refractivity contribution in [3.8, 4) is 5.69 Å². The summed E-state index contributed by atoms with van der Waals surface area (Å²) in [4.78, 5) is 17.8. The van der Waals surface area contributed by atoms with Gasteiger partial charge in [0.25, 0.3) is 0 Å². The maximum atomic E-state index is 11.4. The predicted octanol–water partition coefficient (Wildman–Crippen LogP) is 0.805. The standard InChI is InChI=1S/C13H11N5O/c19-11-8-17-7-9-6-14-18(10-4-2-1-3-5-10)12(9)16-13(17)15-11/h1-6H,7-8H2,(H,15,16,19). The largest absolute Gasteiger partial charge is 0.328 e. The van der Waals surface area contributed by atoms with Crippen molar-refractivity contribution in [2.75, 3.05) is 6.54 Å². The summed E-state index contributed by atoms with van der Waals surface area (Å²) in [7, 11) is 0. The van der Waals surface area contributed by atoms with Crippen molar-refractivity contribution < 1.29 is 4.79 Å².